The predicted octanol–water partition coefficient (Wildman–Crippen LogP) is 1.39. The second-order valence-electron chi connectivity index (χ2n) is 8.03. The van der Waals surface area contributed by atoms with Gasteiger partial charge in [0.05, 0.1) is 6.54 Å². The monoisotopic (exact) mass is 386 g/mol. The third kappa shape index (κ3) is 5.83. The molecule has 0 spiro atoms. The Kier molecular flexibility index (Phi) is 8.64. The number of nitrogens with one attached hydrogen (secondary N) is 2. The maximum absolute atomic E-state index is 12.6. The van der Waals surface area contributed by atoms with E-state index in [1.165, 1.54) is 19.3 Å². The summed E-state index contributed by atoms with van der Waals surface area (Å²) in [5, 5.41) is 6.54. The average Bonchev–Trinajstić information content (AvgIpc) is 2.64. The van der Waals surface area contributed by atoms with Crippen molar-refractivity contribution in [1.82, 2.24) is 20.4 Å². The van der Waals surface area contributed by atoms with Gasteiger partial charge in [-0.25, -0.2) is 0 Å². The smallest absolute Gasteiger partial charge is 0.234 e. The van der Waals surface area contributed by atoms with E-state index in [9.17, 15) is 9.59 Å². The molecule has 7 heteroatoms. The van der Waals surface area contributed by atoms with Crippen LogP contribution in [0, 0.1) is 5.92 Å². The van der Waals surface area contributed by atoms with Crippen LogP contribution in [0.25, 0.3) is 0 Å². The summed E-state index contributed by atoms with van der Waals surface area (Å²) >= 11 is 0. The lowest BCUT2D eigenvalue weighted by molar-refractivity contribution is -0.137. The van der Waals surface area contributed by atoms with Crippen molar-refractivity contribution < 1.29 is 9.59 Å². The highest BCUT2D eigenvalue weighted by Gasteiger charge is 2.30. The van der Waals surface area contributed by atoms with Crippen LogP contribution in [-0.2, 0) is 9.59 Å². The molecule has 6 nitrogen and oxygen atoms in total. The first kappa shape index (κ1) is 21.5. The second-order valence-corrected chi connectivity index (χ2v) is 8.03. The Hall–Kier alpha value is -0.850. The molecule has 0 aromatic heterocycles. The van der Waals surface area contributed by atoms with Crippen molar-refractivity contribution in [2.75, 3.05) is 39.3 Å². The Morgan fingerprint density at radius 2 is 1.73 bits per heavy atom. The minimum atomic E-state index is 0. The standard InChI is InChI=1S/C19H34N4O2.ClH/c1-15-13-20-9-12-23(15)14-18(24)21-17-7-10-22(11-8-17)19(25)16-5-3-2-4-6-16;/h15-17,20H,2-14H2,1H3,(H,21,24);1H/t15-;/m1./s1. The van der Waals surface area contributed by atoms with Crippen LogP contribution in [-0.4, -0.2) is 73.0 Å². The van der Waals surface area contributed by atoms with E-state index in [-0.39, 0.29) is 30.3 Å². The maximum Gasteiger partial charge on any atom is 0.234 e. The Balaban J connectivity index is 0.00000243. The van der Waals surface area contributed by atoms with Gasteiger partial charge in [0.2, 0.25) is 11.8 Å². The first-order valence-electron chi connectivity index (χ1n) is 10.2. The molecule has 3 fully saturated rings. The summed E-state index contributed by atoms with van der Waals surface area (Å²) in [4.78, 5) is 29.2. The highest BCUT2D eigenvalue weighted by Crippen LogP contribution is 2.26. The Labute approximate surface area is 163 Å². The molecule has 150 valence electrons. The number of carbonyl (C=O) groups is 2. The van der Waals surface area contributed by atoms with Gasteiger partial charge in [-0.05, 0) is 32.6 Å². The van der Waals surface area contributed by atoms with Gasteiger partial charge in [0, 0.05) is 50.7 Å². The SMILES string of the molecule is C[C@@H]1CNCCN1CC(=O)NC1CCN(C(=O)C2CCCCC2)CC1.Cl. The Morgan fingerprint density at radius 3 is 2.38 bits per heavy atom. The topological polar surface area (TPSA) is 64.7 Å². The summed E-state index contributed by atoms with van der Waals surface area (Å²) in [6.07, 6.45) is 7.60. The quantitative estimate of drug-likeness (QED) is 0.766. The third-order valence-corrected chi connectivity index (χ3v) is 6.11. The van der Waals surface area contributed by atoms with Gasteiger partial charge < -0.3 is 15.5 Å². The minimum Gasteiger partial charge on any atom is -0.352 e. The van der Waals surface area contributed by atoms with Crippen molar-refractivity contribution in [3.8, 4) is 0 Å². The molecule has 0 radical (unpaired) electrons. The van der Waals surface area contributed by atoms with Gasteiger partial charge >= 0.3 is 0 Å². The lowest BCUT2D eigenvalue weighted by Crippen LogP contribution is -2.54. The van der Waals surface area contributed by atoms with Gasteiger partial charge in [-0.3, -0.25) is 14.5 Å². The van der Waals surface area contributed by atoms with E-state index in [1.807, 2.05) is 4.90 Å². The molecule has 1 atom stereocenters. The van der Waals surface area contributed by atoms with Gasteiger partial charge in [0.25, 0.3) is 0 Å². The van der Waals surface area contributed by atoms with E-state index in [4.69, 9.17) is 0 Å². The van der Waals surface area contributed by atoms with Crippen molar-refractivity contribution in [2.24, 2.45) is 5.92 Å². The highest BCUT2D eigenvalue weighted by atomic mass is 35.5. The normalized spacial score (nSPS) is 26.2. The zero-order valence-corrected chi connectivity index (χ0v) is 16.9. The molecule has 0 aromatic rings. The van der Waals surface area contributed by atoms with Crippen LogP contribution in [0.4, 0.5) is 0 Å². The van der Waals surface area contributed by atoms with Gasteiger partial charge in [0.1, 0.15) is 0 Å². The van der Waals surface area contributed by atoms with Crippen LogP contribution in [0.5, 0.6) is 0 Å². The molecule has 3 rings (SSSR count). The van der Waals surface area contributed by atoms with Crippen molar-refractivity contribution in [2.45, 2.75) is 64.0 Å². The van der Waals surface area contributed by atoms with Crippen molar-refractivity contribution in [3.63, 3.8) is 0 Å². The molecule has 0 bridgehead atoms. The van der Waals surface area contributed by atoms with E-state index in [1.54, 1.807) is 0 Å². The zero-order valence-electron chi connectivity index (χ0n) is 16.0. The minimum absolute atomic E-state index is 0. The molecule has 1 saturated carbocycles. The molecule has 2 heterocycles. The number of nitrogens with zero attached hydrogens (tertiary/aromatic N) is 2. The zero-order chi connectivity index (χ0) is 17.6. The molecule has 2 saturated heterocycles. The van der Waals surface area contributed by atoms with Crippen LogP contribution in [0.1, 0.15) is 51.9 Å². The molecule has 3 aliphatic rings. The average molecular weight is 387 g/mol. The summed E-state index contributed by atoms with van der Waals surface area (Å²) in [5.41, 5.74) is 0. The highest BCUT2D eigenvalue weighted by molar-refractivity contribution is 5.85. The van der Waals surface area contributed by atoms with Crippen molar-refractivity contribution in [1.29, 1.82) is 0 Å². The summed E-state index contributed by atoms with van der Waals surface area (Å²) < 4.78 is 0. The summed E-state index contributed by atoms with van der Waals surface area (Å²) in [7, 11) is 0. The molecule has 0 aromatic carbocycles. The number of hydrogen-bond acceptors (Lipinski definition) is 4. The number of likely N-dealkylation sites (tertiary alicyclic amines) is 1. The molecular formula is C19H35ClN4O2. The van der Waals surface area contributed by atoms with Crippen molar-refractivity contribution >= 4 is 24.2 Å². The molecule has 2 N–H and O–H groups in total. The fourth-order valence-corrected chi connectivity index (χ4v) is 4.43. The number of halogens is 1. The maximum atomic E-state index is 12.6. The Bertz CT molecular complexity index is 462. The number of amides is 2. The number of carbonyl (C=O) groups excluding carboxylic acids is 2. The van der Waals surface area contributed by atoms with Crippen LogP contribution in [0.15, 0.2) is 0 Å². The number of piperazine rings is 1. The van der Waals surface area contributed by atoms with Crippen LogP contribution in [0.2, 0.25) is 0 Å². The fourth-order valence-electron chi connectivity index (χ4n) is 4.43. The van der Waals surface area contributed by atoms with E-state index >= 15 is 0 Å². The molecule has 26 heavy (non-hydrogen) atoms. The van der Waals surface area contributed by atoms with Crippen LogP contribution >= 0.6 is 12.4 Å². The van der Waals surface area contributed by atoms with Gasteiger partial charge in [-0.2, -0.15) is 0 Å². The summed E-state index contributed by atoms with van der Waals surface area (Å²) in [6.45, 7) is 7.09. The van der Waals surface area contributed by atoms with Gasteiger partial charge in [0.15, 0.2) is 0 Å². The van der Waals surface area contributed by atoms with E-state index in [0.717, 1.165) is 58.4 Å². The number of piperidine rings is 1. The first-order chi connectivity index (χ1) is 12.1. The molecular weight excluding hydrogens is 352 g/mol. The lowest BCUT2D eigenvalue weighted by atomic mass is 9.87. The number of hydrogen-bond donors (Lipinski definition) is 2. The molecule has 1 aliphatic carbocycles. The number of rotatable bonds is 4. The lowest BCUT2D eigenvalue weighted by Gasteiger charge is -2.36. The largest absolute Gasteiger partial charge is 0.352 e. The van der Waals surface area contributed by atoms with E-state index in [0.29, 0.717) is 18.5 Å². The summed E-state index contributed by atoms with van der Waals surface area (Å²) in [6, 6.07) is 0.635. The van der Waals surface area contributed by atoms with E-state index in [2.05, 4.69) is 22.5 Å². The fraction of sp³-hybridized carbons (Fsp3) is 0.895. The van der Waals surface area contributed by atoms with Gasteiger partial charge in [-0.1, -0.05) is 19.3 Å². The molecule has 0 unspecified atom stereocenters. The molecule has 2 aliphatic heterocycles. The van der Waals surface area contributed by atoms with Crippen LogP contribution < -0.4 is 10.6 Å². The van der Waals surface area contributed by atoms with Crippen LogP contribution in [0.3, 0.4) is 0 Å². The predicted molar refractivity (Wildman–Crippen MR) is 105 cm³/mol. The Morgan fingerprint density at radius 1 is 1.04 bits per heavy atom. The first-order valence-corrected chi connectivity index (χ1v) is 10.2. The van der Waals surface area contributed by atoms with Gasteiger partial charge in [-0.15, -0.1) is 12.4 Å². The second kappa shape index (κ2) is 10.5. The molecule has 2 amide bonds. The van der Waals surface area contributed by atoms with E-state index < -0.39 is 0 Å². The summed E-state index contributed by atoms with van der Waals surface area (Å²) in [5.74, 6) is 0.749. The van der Waals surface area contributed by atoms with Crippen molar-refractivity contribution in [3.05, 3.63) is 0 Å². The third-order valence-electron chi connectivity index (χ3n) is 6.11.